The van der Waals surface area contributed by atoms with E-state index in [-0.39, 0.29) is 12.6 Å². The minimum Gasteiger partial charge on any atom is -0.466 e. The van der Waals surface area contributed by atoms with Crippen LogP contribution in [0.3, 0.4) is 0 Å². The summed E-state index contributed by atoms with van der Waals surface area (Å²) in [6, 6.07) is 10.8. The molecule has 0 aliphatic carbocycles. The fourth-order valence-electron chi connectivity index (χ4n) is 4.45. The molecule has 0 amide bonds. The molecule has 0 bridgehead atoms. The van der Waals surface area contributed by atoms with Crippen LogP contribution in [0.15, 0.2) is 24.3 Å². The smallest absolute Gasteiger partial charge is 0.302 e. The molecule has 0 spiro atoms. The van der Waals surface area contributed by atoms with Gasteiger partial charge >= 0.3 is 5.97 Å². The third kappa shape index (κ3) is 3.37. The van der Waals surface area contributed by atoms with Crippen molar-refractivity contribution in [3.05, 3.63) is 41.0 Å². The van der Waals surface area contributed by atoms with Gasteiger partial charge in [-0.3, -0.25) is 9.20 Å². The Hall–Kier alpha value is -3.11. The standard InChI is InChI=1S/C23H27N5O2/c1-15-18(10-12-30-16(2)29)23(27-11-9-17(14-27)26(3)4)28-21-8-6-5-7-20(21)25-22(28)19(15)13-24/h5-8,17H,9-12,14H2,1-4H3/t17-/m0/s1. The predicted octanol–water partition coefficient (Wildman–Crippen LogP) is 2.91. The summed E-state index contributed by atoms with van der Waals surface area (Å²) in [5.41, 5.74) is 5.08. The van der Waals surface area contributed by atoms with E-state index >= 15 is 0 Å². The Kier molecular flexibility index (Phi) is 5.35. The number of aromatic nitrogens is 2. The molecule has 4 rings (SSSR count). The first-order chi connectivity index (χ1) is 14.4. The highest BCUT2D eigenvalue weighted by Crippen LogP contribution is 2.35. The summed E-state index contributed by atoms with van der Waals surface area (Å²) in [7, 11) is 4.23. The number of hydrogen-bond donors (Lipinski definition) is 0. The van der Waals surface area contributed by atoms with E-state index in [2.05, 4.69) is 34.4 Å². The molecule has 3 heterocycles. The van der Waals surface area contributed by atoms with Crippen LogP contribution in [-0.4, -0.2) is 60.1 Å². The molecule has 0 N–H and O–H groups in total. The Balaban J connectivity index is 1.97. The van der Waals surface area contributed by atoms with Gasteiger partial charge in [0.2, 0.25) is 0 Å². The van der Waals surface area contributed by atoms with E-state index < -0.39 is 0 Å². The monoisotopic (exact) mass is 405 g/mol. The number of hydrogen-bond acceptors (Lipinski definition) is 6. The van der Waals surface area contributed by atoms with Crippen molar-refractivity contribution >= 4 is 28.5 Å². The maximum absolute atomic E-state index is 11.3. The van der Waals surface area contributed by atoms with Crippen molar-refractivity contribution in [1.82, 2.24) is 14.3 Å². The highest BCUT2D eigenvalue weighted by Gasteiger charge is 2.30. The zero-order chi connectivity index (χ0) is 21.4. The molecule has 2 aromatic heterocycles. The SMILES string of the molecule is CC(=O)OCCc1c(C)c(C#N)c2nc3ccccc3n2c1N1CC[C@H](N(C)C)C1. The quantitative estimate of drug-likeness (QED) is 0.608. The molecular weight excluding hydrogens is 378 g/mol. The minimum absolute atomic E-state index is 0.289. The third-order valence-electron chi connectivity index (χ3n) is 6.06. The number of esters is 1. The van der Waals surface area contributed by atoms with E-state index in [0.29, 0.717) is 23.7 Å². The number of benzene rings is 1. The minimum atomic E-state index is -0.294. The summed E-state index contributed by atoms with van der Waals surface area (Å²) in [6.45, 7) is 5.52. The average Bonchev–Trinajstić information content (AvgIpc) is 3.33. The van der Waals surface area contributed by atoms with Gasteiger partial charge in [0.15, 0.2) is 5.65 Å². The third-order valence-corrected chi connectivity index (χ3v) is 6.06. The Morgan fingerprint density at radius 2 is 2.13 bits per heavy atom. The van der Waals surface area contributed by atoms with Crippen molar-refractivity contribution in [2.24, 2.45) is 0 Å². The van der Waals surface area contributed by atoms with Gasteiger partial charge in [0, 0.05) is 38.0 Å². The van der Waals surface area contributed by atoms with E-state index in [1.54, 1.807) is 0 Å². The number of para-hydroxylation sites is 2. The highest BCUT2D eigenvalue weighted by molar-refractivity contribution is 5.86. The molecule has 1 aliphatic heterocycles. The van der Waals surface area contributed by atoms with Gasteiger partial charge in [-0.2, -0.15) is 5.26 Å². The van der Waals surface area contributed by atoms with Crippen molar-refractivity contribution < 1.29 is 9.53 Å². The lowest BCUT2D eigenvalue weighted by Crippen LogP contribution is -2.32. The highest BCUT2D eigenvalue weighted by atomic mass is 16.5. The molecule has 7 heteroatoms. The van der Waals surface area contributed by atoms with Crippen molar-refractivity contribution in [3.63, 3.8) is 0 Å². The second-order valence-corrected chi connectivity index (χ2v) is 8.12. The van der Waals surface area contributed by atoms with Crippen molar-refractivity contribution in [3.8, 4) is 6.07 Å². The Labute approximate surface area is 176 Å². The van der Waals surface area contributed by atoms with Crippen LogP contribution in [0.4, 0.5) is 5.82 Å². The molecule has 1 atom stereocenters. The average molecular weight is 406 g/mol. The second-order valence-electron chi connectivity index (χ2n) is 8.12. The zero-order valence-corrected chi connectivity index (χ0v) is 18.0. The maximum Gasteiger partial charge on any atom is 0.302 e. The maximum atomic E-state index is 11.3. The molecular formula is C23H27N5O2. The number of ether oxygens (including phenoxy) is 1. The molecule has 30 heavy (non-hydrogen) atoms. The molecule has 1 aromatic carbocycles. The number of likely N-dealkylation sites (N-methyl/N-ethyl adjacent to an activating group) is 1. The molecule has 0 saturated carbocycles. The molecule has 1 aliphatic rings. The molecule has 1 fully saturated rings. The van der Waals surface area contributed by atoms with Crippen LogP contribution in [-0.2, 0) is 16.0 Å². The molecule has 0 radical (unpaired) electrons. The zero-order valence-electron chi connectivity index (χ0n) is 18.0. The van der Waals surface area contributed by atoms with E-state index in [9.17, 15) is 10.1 Å². The van der Waals surface area contributed by atoms with Crippen LogP contribution < -0.4 is 4.90 Å². The largest absolute Gasteiger partial charge is 0.466 e. The lowest BCUT2D eigenvalue weighted by molar-refractivity contribution is -0.140. The van der Waals surface area contributed by atoms with Crippen LogP contribution in [0.2, 0.25) is 0 Å². The Morgan fingerprint density at radius 1 is 1.37 bits per heavy atom. The topological polar surface area (TPSA) is 73.9 Å². The second kappa shape index (κ2) is 7.96. The van der Waals surface area contributed by atoms with Crippen molar-refractivity contribution in [2.45, 2.75) is 32.7 Å². The number of pyridine rings is 1. The van der Waals surface area contributed by atoms with Crippen LogP contribution in [0.25, 0.3) is 16.7 Å². The first-order valence-electron chi connectivity index (χ1n) is 10.3. The summed E-state index contributed by atoms with van der Waals surface area (Å²) in [5, 5.41) is 9.94. The lowest BCUT2D eigenvalue weighted by Gasteiger charge is -2.27. The van der Waals surface area contributed by atoms with Gasteiger partial charge in [-0.1, -0.05) is 12.1 Å². The lowest BCUT2D eigenvalue weighted by atomic mass is 10.0. The molecule has 7 nitrogen and oxygen atoms in total. The number of fused-ring (bicyclic) bond motifs is 3. The van der Waals surface area contributed by atoms with Gasteiger partial charge in [0.05, 0.1) is 23.2 Å². The fourth-order valence-corrected chi connectivity index (χ4v) is 4.45. The molecule has 0 unspecified atom stereocenters. The number of anilines is 1. The van der Waals surface area contributed by atoms with Crippen LogP contribution in [0.1, 0.15) is 30.0 Å². The summed E-state index contributed by atoms with van der Waals surface area (Å²) in [5.74, 6) is 0.768. The normalized spacial score (nSPS) is 16.5. The Morgan fingerprint density at radius 3 is 2.80 bits per heavy atom. The predicted molar refractivity (Wildman–Crippen MR) is 117 cm³/mol. The number of nitriles is 1. The summed E-state index contributed by atoms with van der Waals surface area (Å²) in [6.07, 6.45) is 1.63. The van der Waals surface area contributed by atoms with E-state index in [4.69, 9.17) is 9.72 Å². The number of carbonyl (C=O) groups excluding carboxylic acids is 1. The summed E-state index contributed by atoms with van der Waals surface area (Å²) in [4.78, 5) is 20.8. The fraction of sp³-hybridized carbons (Fsp3) is 0.435. The van der Waals surface area contributed by atoms with Gasteiger partial charge in [0.25, 0.3) is 0 Å². The Bertz CT molecular complexity index is 1160. The summed E-state index contributed by atoms with van der Waals surface area (Å²) < 4.78 is 7.39. The number of carbonyl (C=O) groups is 1. The van der Waals surface area contributed by atoms with Gasteiger partial charge < -0.3 is 14.5 Å². The van der Waals surface area contributed by atoms with Gasteiger partial charge in [-0.15, -0.1) is 0 Å². The first kappa shape index (κ1) is 20.2. The van der Waals surface area contributed by atoms with Crippen molar-refractivity contribution in [1.29, 1.82) is 5.26 Å². The first-order valence-corrected chi connectivity index (χ1v) is 10.3. The van der Waals surface area contributed by atoms with E-state index in [1.807, 2.05) is 31.2 Å². The van der Waals surface area contributed by atoms with E-state index in [1.165, 1.54) is 6.92 Å². The summed E-state index contributed by atoms with van der Waals surface area (Å²) >= 11 is 0. The van der Waals surface area contributed by atoms with Crippen molar-refractivity contribution in [2.75, 3.05) is 38.7 Å². The number of imidazole rings is 1. The van der Waals surface area contributed by atoms with Gasteiger partial charge in [-0.25, -0.2) is 4.98 Å². The number of nitrogens with zero attached hydrogens (tertiary/aromatic N) is 5. The van der Waals surface area contributed by atoms with E-state index in [0.717, 1.165) is 47.5 Å². The van der Waals surface area contributed by atoms with Gasteiger partial charge in [-0.05, 0) is 45.1 Å². The molecule has 1 saturated heterocycles. The molecule has 156 valence electrons. The van der Waals surface area contributed by atoms with Crippen LogP contribution in [0, 0.1) is 18.3 Å². The number of rotatable bonds is 5. The molecule has 3 aromatic rings. The van der Waals surface area contributed by atoms with Crippen LogP contribution in [0.5, 0.6) is 0 Å². The van der Waals surface area contributed by atoms with Crippen LogP contribution >= 0.6 is 0 Å². The van der Waals surface area contributed by atoms with Gasteiger partial charge in [0.1, 0.15) is 11.9 Å².